The first-order valence-corrected chi connectivity index (χ1v) is 9.39. The van der Waals surface area contributed by atoms with Crippen LogP contribution in [0.25, 0.3) is 33.1 Å². The Balaban J connectivity index is 2.13. The molecule has 0 spiro atoms. The standard InChI is InChI=1S/C22H19ClN2O2/c1-2-3-12-25-19-7-5-4-6-16(19)17-13-18(22(26)27)24-20(21(17)25)14-8-10-15(23)11-9-14/h4-11,13H,2-3,12H2,1H3,(H,26,27). The van der Waals surface area contributed by atoms with Gasteiger partial charge in [0.2, 0.25) is 0 Å². The number of halogens is 1. The Morgan fingerprint density at radius 1 is 1.11 bits per heavy atom. The predicted octanol–water partition coefficient (Wildman–Crippen LogP) is 6.01. The summed E-state index contributed by atoms with van der Waals surface area (Å²) in [5.41, 5.74) is 3.64. The minimum Gasteiger partial charge on any atom is -0.477 e. The Morgan fingerprint density at radius 3 is 2.56 bits per heavy atom. The van der Waals surface area contributed by atoms with Gasteiger partial charge in [0, 0.05) is 33.4 Å². The lowest BCUT2D eigenvalue weighted by molar-refractivity contribution is 0.0691. The summed E-state index contributed by atoms with van der Waals surface area (Å²) in [4.78, 5) is 16.2. The monoisotopic (exact) mass is 378 g/mol. The van der Waals surface area contributed by atoms with Crippen molar-refractivity contribution in [1.82, 2.24) is 9.55 Å². The zero-order valence-electron chi connectivity index (χ0n) is 14.9. The van der Waals surface area contributed by atoms with Gasteiger partial charge in [0.1, 0.15) is 5.69 Å². The summed E-state index contributed by atoms with van der Waals surface area (Å²) in [6, 6.07) is 17.2. The molecule has 0 saturated carbocycles. The number of carbonyl (C=O) groups is 1. The molecule has 0 amide bonds. The van der Waals surface area contributed by atoms with Crippen LogP contribution in [0.15, 0.2) is 54.6 Å². The quantitative estimate of drug-likeness (QED) is 0.462. The summed E-state index contributed by atoms with van der Waals surface area (Å²) in [5, 5.41) is 12.2. The van der Waals surface area contributed by atoms with Gasteiger partial charge in [0.05, 0.1) is 11.2 Å². The molecule has 0 aliphatic carbocycles. The van der Waals surface area contributed by atoms with Crippen molar-refractivity contribution < 1.29 is 9.90 Å². The Labute approximate surface area is 162 Å². The number of aromatic nitrogens is 2. The maximum atomic E-state index is 11.7. The molecule has 136 valence electrons. The lowest BCUT2D eigenvalue weighted by Gasteiger charge is -2.11. The van der Waals surface area contributed by atoms with Crippen molar-refractivity contribution in [2.45, 2.75) is 26.3 Å². The summed E-state index contributed by atoms with van der Waals surface area (Å²) in [5.74, 6) is -1.03. The lowest BCUT2D eigenvalue weighted by Crippen LogP contribution is -2.04. The average Bonchev–Trinajstić information content (AvgIpc) is 3.00. The molecule has 4 aromatic rings. The molecular formula is C22H19ClN2O2. The fourth-order valence-corrected chi connectivity index (χ4v) is 3.67. The Morgan fingerprint density at radius 2 is 1.85 bits per heavy atom. The number of fused-ring (bicyclic) bond motifs is 3. The molecule has 2 aromatic heterocycles. The van der Waals surface area contributed by atoms with Crippen LogP contribution < -0.4 is 0 Å². The van der Waals surface area contributed by atoms with Crippen LogP contribution in [0.3, 0.4) is 0 Å². The molecule has 2 aromatic carbocycles. The summed E-state index contributed by atoms with van der Waals surface area (Å²) >= 11 is 6.04. The normalized spacial score (nSPS) is 11.3. The van der Waals surface area contributed by atoms with E-state index >= 15 is 0 Å². The van der Waals surface area contributed by atoms with Gasteiger partial charge in [-0.3, -0.25) is 0 Å². The van der Waals surface area contributed by atoms with Gasteiger partial charge >= 0.3 is 5.97 Å². The van der Waals surface area contributed by atoms with Crippen LogP contribution in [0.5, 0.6) is 0 Å². The predicted molar refractivity (Wildman–Crippen MR) is 110 cm³/mol. The number of carboxylic acid groups (broad SMARTS) is 1. The van der Waals surface area contributed by atoms with Crippen LogP contribution in [0, 0.1) is 0 Å². The molecule has 4 nitrogen and oxygen atoms in total. The minimum absolute atomic E-state index is 0.0471. The van der Waals surface area contributed by atoms with E-state index in [9.17, 15) is 9.90 Å². The average molecular weight is 379 g/mol. The van der Waals surface area contributed by atoms with Crippen molar-refractivity contribution in [2.24, 2.45) is 0 Å². The number of unbranched alkanes of at least 4 members (excludes halogenated alkanes) is 1. The fraction of sp³-hybridized carbons (Fsp3) is 0.182. The largest absolute Gasteiger partial charge is 0.477 e. The molecule has 0 aliphatic rings. The van der Waals surface area contributed by atoms with Gasteiger partial charge in [0.15, 0.2) is 0 Å². The van der Waals surface area contributed by atoms with E-state index in [4.69, 9.17) is 11.6 Å². The molecule has 5 heteroatoms. The van der Waals surface area contributed by atoms with Gasteiger partial charge < -0.3 is 9.67 Å². The smallest absolute Gasteiger partial charge is 0.354 e. The molecule has 4 rings (SSSR count). The fourth-order valence-electron chi connectivity index (χ4n) is 3.54. The molecule has 0 fully saturated rings. The molecular weight excluding hydrogens is 360 g/mol. The Hall–Kier alpha value is -2.85. The van der Waals surface area contributed by atoms with Crippen molar-refractivity contribution in [3.63, 3.8) is 0 Å². The van der Waals surface area contributed by atoms with Crippen LogP contribution >= 0.6 is 11.6 Å². The van der Waals surface area contributed by atoms with E-state index < -0.39 is 5.97 Å². The SMILES string of the molecule is CCCCn1c2ccccc2c2cc(C(=O)O)nc(-c3ccc(Cl)cc3)c21. The van der Waals surface area contributed by atoms with Gasteiger partial charge in [-0.05, 0) is 30.7 Å². The second-order valence-electron chi connectivity index (χ2n) is 6.59. The number of nitrogens with zero attached hydrogens (tertiary/aromatic N) is 2. The summed E-state index contributed by atoms with van der Waals surface area (Å²) in [6.07, 6.45) is 2.11. The van der Waals surface area contributed by atoms with E-state index in [0.29, 0.717) is 10.7 Å². The lowest BCUT2D eigenvalue weighted by atomic mass is 10.1. The number of hydrogen-bond donors (Lipinski definition) is 1. The Bertz CT molecular complexity index is 1150. The zero-order chi connectivity index (χ0) is 19.0. The third-order valence-electron chi connectivity index (χ3n) is 4.82. The van der Waals surface area contributed by atoms with Crippen molar-refractivity contribution in [3.05, 3.63) is 65.3 Å². The number of rotatable bonds is 5. The van der Waals surface area contributed by atoms with Crippen molar-refractivity contribution >= 4 is 39.4 Å². The van der Waals surface area contributed by atoms with E-state index in [1.54, 1.807) is 18.2 Å². The van der Waals surface area contributed by atoms with Gasteiger partial charge in [-0.1, -0.05) is 55.3 Å². The van der Waals surface area contributed by atoms with E-state index in [0.717, 1.165) is 46.8 Å². The maximum Gasteiger partial charge on any atom is 0.354 e. The van der Waals surface area contributed by atoms with Crippen molar-refractivity contribution in [2.75, 3.05) is 0 Å². The molecule has 0 atom stereocenters. The van der Waals surface area contributed by atoms with Crippen molar-refractivity contribution in [3.8, 4) is 11.3 Å². The van der Waals surface area contributed by atoms with E-state index in [-0.39, 0.29) is 5.69 Å². The van der Waals surface area contributed by atoms with Gasteiger partial charge in [-0.15, -0.1) is 0 Å². The third kappa shape index (κ3) is 3.06. The topological polar surface area (TPSA) is 55.1 Å². The number of carboxylic acids is 1. The zero-order valence-corrected chi connectivity index (χ0v) is 15.7. The second kappa shape index (κ2) is 7.05. The van der Waals surface area contributed by atoms with Crippen LogP contribution in [-0.2, 0) is 6.54 Å². The number of para-hydroxylation sites is 1. The highest BCUT2D eigenvalue weighted by atomic mass is 35.5. The summed E-state index contributed by atoms with van der Waals surface area (Å²) in [6.45, 7) is 3.02. The molecule has 0 saturated heterocycles. The third-order valence-corrected chi connectivity index (χ3v) is 5.07. The molecule has 0 radical (unpaired) electrons. The molecule has 0 bridgehead atoms. The van der Waals surface area contributed by atoms with Crippen LogP contribution in [-0.4, -0.2) is 20.6 Å². The summed E-state index contributed by atoms with van der Waals surface area (Å²) < 4.78 is 2.26. The van der Waals surface area contributed by atoms with Gasteiger partial charge in [0.25, 0.3) is 0 Å². The number of hydrogen-bond acceptors (Lipinski definition) is 2. The van der Waals surface area contributed by atoms with Crippen LogP contribution in [0.2, 0.25) is 5.02 Å². The number of benzene rings is 2. The van der Waals surface area contributed by atoms with Crippen LogP contribution in [0.4, 0.5) is 0 Å². The van der Waals surface area contributed by atoms with E-state index in [1.165, 1.54) is 0 Å². The maximum absolute atomic E-state index is 11.7. The van der Waals surface area contributed by atoms with E-state index in [1.807, 2.05) is 30.3 Å². The molecule has 27 heavy (non-hydrogen) atoms. The Kier molecular flexibility index (Phi) is 4.58. The summed E-state index contributed by atoms with van der Waals surface area (Å²) in [7, 11) is 0. The second-order valence-corrected chi connectivity index (χ2v) is 7.02. The first-order valence-electron chi connectivity index (χ1n) is 9.01. The number of aromatic carboxylic acids is 1. The number of pyridine rings is 1. The minimum atomic E-state index is -1.03. The molecule has 0 aliphatic heterocycles. The molecule has 0 unspecified atom stereocenters. The first-order chi connectivity index (χ1) is 13.1. The van der Waals surface area contributed by atoms with Crippen molar-refractivity contribution in [1.29, 1.82) is 0 Å². The highest BCUT2D eigenvalue weighted by molar-refractivity contribution is 6.30. The van der Waals surface area contributed by atoms with Crippen LogP contribution in [0.1, 0.15) is 30.3 Å². The van der Waals surface area contributed by atoms with Gasteiger partial charge in [-0.25, -0.2) is 9.78 Å². The van der Waals surface area contributed by atoms with E-state index in [2.05, 4.69) is 22.5 Å². The molecule has 1 N–H and O–H groups in total. The highest BCUT2D eigenvalue weighted by Crippen LogP contribution is 2.36. The first kappa shape index (κ1) is 17.6. The van der Waals surface area contributed by atoms with Gasteiger partial charge in [-0.2, -0.15) is 0 Å². The molecule has 2 heterocycles. The highest BCUT2D eigenvalue weighted by Gasteiger charge is 2.19. The number of aryl methyl sites for hydroxylation is 1.